The van der Waals surface area contributed by atoms with Crippen molar-refractivity contribution in [1.29, 1.82) is 0 Å². The standard InChI is InChI=1S/C21H27N3O2.C3H5NO3S/c1-13(2)10-21(4,22)12-26-15-6-7-16-17-8-14(3)23-11-19(17)24(5)20(25)18(16)9-15;1-3-2-7-8(5,6)4-3/h6-9,11,13H,10,12,22H2,1-5H3;2H2,1H3/t21-;/m0./s1. The number of nitrogens with two attached hydrogens (primary N) is 1. The van der Waals surface area contributed by atoms with Crippen LogP contribution < -0.4 is 16.0 Å². The topological polar surface area (TPSA) is 126 Å². The van der Waals surface area contributed by atoms with Crippen LogP contribution in [0.4, 0.5) is 0 Å². The zero-order chi connectivity index (χ0) is 25.3. The Hall–Kier alpha value is -2.82. The van der Waals surface area contributed by atoms with Gasteiger partial charge < -0.3 is 15.0 Å². The van der Waals surface area contributed by atoms with Crippen molar-refractivity contribution >= 4 is 37.7 Å². The van der Waals surface area contributed by atoms with Gasteiger partial charge in [-0.3, -0.25) is 9.78 Å². The summed E-state index contributed by atoms with van der Waals surface area (Å²) in [6, 6.07) is 7.68. The molecular formula is C24H32N4O5S. The van der Waals surface area contributed by atoms with Gasteiger partial charge in [0.15, 0.2) is 0 Å². The second kappa shape index (κ2) is 9.81. The molecule has 0 unspecified atom stereocenters. The van der Waals surface area contributed by atoms with E-state index in [1.807, 2.05) is 38.1 Å². The first-order valence-electron chi connectivity index (χ1n) is 11.0. The van der Waals surface area contributed by atoms with Crippen LogP contribution in [0.5, 0.6) is 5.75 Å². The Bertz CT molecular complexity index is 1410. The molecule has 3 aromatic rings. The molecule has 3 heterocycles. The van der Waals surface area contributed by atoms with E-state index >= 15 is 0 Å². The molecule has 0 saturated heterocycles. The third-order valence-electron chi connectivity index (χ3n) is 5.32. The third kappa shape index (κ3) is 6.19. The Morgan fingerprint density at radius 2 is 1.91 bits per heavy atom. The van der Waals surface area contributed by atoms with E-state index in [1.54, 1.807) is 24.7 Å². The van der Waals surface area contributed by atoms with E-state index in [-0.39, 0.29) is 12.2 Å². The van der Waals surface area contributed by atoms with E-state index in [9.17, 15) is 13.2 Å². The van der Waals surface area contributed by atoms with Gasteiger partial charge in [-0.1, -0.05) is 13.8 Å². The van der Waals surface area contributed by atoms with Crippen molar-refractivity contribution in [3.05, 3.63) is 46.5 Å². The van der Waals surface area contributed by atoms with Crippen LogP contribution in [-0.4, -0.2) is 42.4 Å². The summed E-state index contributed by atoms with van der Waals surface area (Å²) in [5.41, 5.74) is 8.12. The summed E-state index contributed by atoms with van der Waals surface area (Å²) in [6.07, 6.45) is 2.63. The summed E-state index contributed by atoms with van der Waals surface area (Å²) >= 11 is 0. The lowest BCUT2D eigenvalue weighted by molar-refractivity contribution is 0.207. The molecule has 9 nitrogen and oxygen atoms in total. The maximum absolute atomic E-state index is 12.8. The fraction of sp³-hybridized carbons (Fsp3) is 0.458. The molecule has 0 aliphatic carbocycles. The lowest BCUT2D eigenvalue weighted by atomic mass is 9.93. The highest BCUT2D eigenvalue weighted by atomic mass is 32.2. The molecule has 0 saturated carbocycles. The summed E-state index contributed by atoms with van der Waals surface area (Å²) < 4.78 is 35.4. The maximum Gasteiger partial charge on any atom is 0.381 e. The average molecular weight is 489 g/mol. The van der Waals surface area contributed by atoms with Gasteiger partial charge in [0, 0.05) is 23.7 Å². The molecule has 0 bridgehead atoms. The molecule has 1 atom stereocenters. The van der Waals surface area contributed by atoms with Crippen LogP contribution in [0.15, 0.2) is 39.7 Å². The van der Waals surface area contributed by atoms with Gasteiger partial charge in [-0.15, -0.1) is 4.40 Å². The minimum Gasteiger partial charge on any atom is -0.492 e. The minimum absolute atomic E-state index is 0.0544. The molecule has 0 fully saturated rings. The van der Waals surface area contributed by atoms with Crippen molar-refractivity contribution in [1.82, 2.24) is 9.55 Å². The van der Waals surface area contributed by atoms with Crippen molar-refractivity contribution in [2.24, 2.45) is 23.1 Å². The van der Waals surface area contributed by atoms with Crippen molar-refractivity contribution in [3.63, 3.8) is 0 Å². The van der Waals surface area contributed by atoms with Gasteiger partial charge in [0.1, 0.15) is 19.0 Å². The quantitative estimate of drug-likeness (QED) is 0.546. The van der Waals surface area contributed by atoms with Crippen LogP contribution >= 0.6 is 0 Å². The Morgan fingerprint density at radius 1 is 1.21 bits per heavy atom. The molecule has 0 radical (unpaired) electrons. The summed E-state index contributed by atoms with van der Waals surface area (Å²) in [5.74, 6) is 1.17. The molecule has 34 heavy (non-hydrogen) atoms. The van der Waals surface area contributed by atoms with E-state index in [1.165, 1.54) is 0 Å². The largest absolute Gasteiger partial charge is 0.492 e. The van der Waals surface area contributed by atoms with Crippen LogP contribution in [0, 0.1) is 12.8 Å². The van der Waals surface area contributed by atoms with Crippen molar-refractivity contribution < 1.29 is 17.3 Å². The Kier molecular flexibility index (Phi) is 7.44. The van der Waals surface area contributed by atoms with Crippen molar-refractivity contribution in [2.75, 3.05) is 13.2 Å². The lowest BCUT2D eigenvalue weighted by Gasteiger charge is -2.26. The molecule has 1 aliphatic heterocycles. The number of hydrogen-bond acceptors (Lipinski definition) is 7. The molecular weight excluding hydrogens is 456 g/mol. The Balaban J connectivity index is 0.000000343. The summed E-state index contributed by atoms with van der Waals surface area (Å²) in [4.78, 5) is 17.1. The Morgan fingerprint density at radius 3 is 2.47 bits per heavy atom. The number of hydrogen-bond donors (Lipinski definition) is 1. The second-order valence-electron chi connectivity index (χ2n) is 9.47. The first-order chi connectivity index (χ1) is 15.8. The number of pyridine rings is 2. The van der Waals surface area contributed by atoms with E-state index in [4.69, 9.17) is 10.5 Å². The molecule has 2 aromatic heterocycles. The second-order valence-corrected chi connectivity index (χ2v) is 10.7. The van der Waals surface area contributed by atoms with Crippen LogP contribution in [0.1, 0.15) is 39.8 Å². The SMILES string of the molecule is CC1=NS(=O)(=O)OC1.Cc1cc2c3ccc(OC[C@@](C)(N)CC(C)C)cc3c(=O)n(C)c2cn1. The summed E-state index contributed by atoms with van der Waals surface area (Å²) in [7, 11) is -1.74. The first-order valence-corrected chi connectivity index (χ1v) is 12.4. The highest BCUT2D eigenvalue weighted by Crippen LogP contribution is 2.26. The van der Waals surface area contributed by atoms with E-state index in [0.29, 0.717) is 29.4 Å². The van der Waals surface area contributed by atoms with E-state index in [2.05, 4.69) is 27.4 Å². The number of benzene rings is 1. The molecule has 10 heteroatoms. The number of nitrogens with zero attached hydrogens (tertiary/aromatic N) is 3. The average Bonchev–Trinajstić information content (AvgIpc) is 3.06. The van der Waals surface area contributed by atoms with Gasteiger partial charge in [0.05, 0.1) is 22.8 Å². The Labute approximate surface area is 199 Å². The summed E-state index contributed by atoms with van der Waals surface area (Å²) in [5, 5.41) is 2.58. The molecule has 0 spiro atoms. The normalized spacial score (nSPS) is 16.8. The van der Waals surface area contributed by atoms with Crippen molar-refractivity contribution in [2.45, 2.75) is 46.6 Å². The fourth-order valence-electron chi connectivity index (χ4n) is 3.99. The van der Waals surface area contributed by atoms with Crippen LogP contribution in [0.25, 0.3) is 21.7 Å². The highest BCUT2D eigenvalue weighted by Gasteiger charge is 2.21. The predicted molar refractivity (Wildman–Crippen MR) is 135 cm³/mol. The molecule has 4 rings (SSSR count). The molecule has 2 N–H and O–H groups in total. The van der Waals surface area contributed by atoms with Crippen LogP contribution in [-0.2, 0) is 21.5 Å². The molecule has 1 aliphatic rings. The zero-order valence-electron chi connectivity index (χ0n) is 20.5. The molecule has 184 valence electrons. The maximum atomic E-state index is 12.8. The number of aryl methyl sites for hydroxylation is 2. The van der Waals surface area contributed by atoms with E-state index in [0.717, 1.165) is 28.4 Å². The predicted octanol–water partition coefficient (Wildman–Crippen LogP) is 3.26. The smallest absolute Gasteiger partial charge is 0.381 e. The fourth-order valence-corrected chi connectivity index (χ4v) is 4.80. The highest BCUT2D eigenvalue weighted by molar-refractivity contribution is 7.85. The minimum atomic E-state index is -3.51. The van der Waals surface area contributed by atoms with Crippen molar-refractivity contribution in [3.8, 4) is 5.75 Å². The van der Waals surface area contributed by atoms with E-state index < -0.39 is 15.8 Å². The van der Waals surface area contributed by atoms with Gasteiger partial charge in [0.25, 0.3) is 5.56 Å². The monoisotopic (exact) mass is 488 g/mol. The number of fused-ring (bicyclic) bond motifs is 3. The van der Waals surface area contributed by atoms with Gasteiger partial charge in [-0.05, 0) is 62.8 Å². The number of ether oxygens (including phenoxy) is 1. The van der Waals surface area contributed by atoms with Gasteiger partial charge in [0.2, 0.25) is 0 Å². The third-order valence-corrected chi connectivity index (χ3v) is 6.28. The summed E-state index contributed by atoms with van der Waals surface area (Å²) in [6.45, 7) is 10.4. The van der Waals surface area contributed by atoms with Gasteiger partial charge in [-0.2, -0.15) is 8.42 Å². The van der Waals surface area contributed by atoms with Gasteiger partial charge >= 0.3 is 10.3 Å². The van der Waals surface area contributed by atoms with Gasteiger partial charge in [-0.25, -0.2) is 4.18 Å². The van der Waals surface area contributed by atoms with Crippen LogP contribution in [0.2, 0.25) is 0 Å². The van der Waals surface area contributed by atoms with Crippen LogP contribution in [0.3, 0.4) is 0 Å². The lowest BCUT2D eigenvalue weighted by Crippen LogP contribution is -2.43. The first kappa shape index (κ1) is 25.8. The molecule has 1 aromatic carbocycles. The number of aromatic nitrogens is 2. The number of rotatable bonds is 5. The zero-order valence-corrected chi connectivity index (χ0v) is 21.3. The molecule has 0 amide bonds.